The van der Waals surface area contributed by atoms with E-state index in [1.54, 1.807) is 0 Å². The van der Waals surface area contributed by atoms with Crippen molar-refractivity contribution in [1.29, 1.82) is 0 Å². The first kappa shape index (κ1) is 30.4. The van der Waals surface area contributed by atoms with Crippen LogP contribution in [0.15, 0.2) is 0 Å². The fraction of sp³-hybridized carbons (Fsp3) is 1.00. The van der Waals surface area contributed by atoms with Crippen molar-refractivity contribution in [2.24, 2.45) is 0 Å². The zero-order valence-electron chi connectivity index (χ0n) is 13.3. The molecular formula is C12H36GeN4. The van der Waals surface area contributed by atoms with Gasteiger partial charge in [-0.25, -0.2) is 0 Å². The van der Waals surface area contributed by atoms with Gasteiger partial charge in [0.2, 0.25) is 0 Å². The summed E-state index contributed by atoms with van der Waals surface area (Å²) in [7, 11) is 7.72. The fourth-order valence-electron chi connectivity index (χ4n) is 0. The van der Waals surface area contributed by atoms with Crippen LogP contribution < -0.4 is 21.3 Å². The molecule has 0 fully saturated rings. The molecular weight excluding hydrogens is 273 g/mol. The molecule has 4 nitrogen and oxygen atoms in total. The average molecular weight is 309 g/mol. The van der Waals surface area contributed by atoms with Gasteiger partial charge in [-0.3, -0.25) is 0 Å². The largest absolute Gasteiger partial charge is 0.320 e. The molecule has 17 heavy (non-hydrogen) atoms. The number of hydrogen-bond acceptors (Lipinski definition) is 4. The molecule has 0 aliphatic rings. The van der Waals surface area contributed by atoms with Crippen LogP contribution in [0.25, 0.3) is 0 Å². The molecule has 5 heteroatoms. The Labute approximate surface area is 121 Å². The quantitative estimate of drug-likeness (QED) is 0.572. The van der Waals surface area contributed by atoms with Crippen molar-refractivity contribution in [3.05, 3.63) is 0 Å². The van der Waals surface area contributed by atoms with Crippen LogP contribution in [0.4, 0.5) is 0 Å². The van der Waals surface area contributed by atoms with E-state index in [2.05, 4.69) is 49.0 Å². The van der Waals surface area contributed by atoms with Crippen LogP contribution in [0.1, 0.15) is 27.7 Å². The normalized spacial score (nSPS) is 7.06. The summed E-state index contributed by atoms with van der Waals surface area (Å²) in [4.78, 5) is 0. The summed E-state index contributed by atoms with van der Waals surface area (Å²) in [6, 6.07) is 0. The Morgan fingerprint density at radius 2 is 0.529 bits per heavy atom. The molecule has 0 heterocycles. The van der Waals surface area contributed by atoms with Crippen LogP contribution in [0.2, 0.25) is 0 Å². The number of nitrogens with one attached hydrogen (secondary N) is 4. The Kier molecular flexibility index (Phi) is 98.7. The van der Waals surface area contributed by atoms with Gasteiger partial charge in [-0.15, -0.1) is 0 Å². The summed E-state index contributed by atoms with van der Waals surface area (Å²) in [6.45, 7) is 12.6. The molecule has 0 amide bonds. The number of rotatable bonds is 4. The van der Waals surface area contributed by atoms with E-state index in [-0.39, 0.29) is 17.6 Å². The zero-order valence-corrected chi connectivity index (χ0v) is 15.4. The second-order valence-corrected chi connectivity index (χ2v) is 2.83. The van der Waals surface area contributed by atoms with Gasteiger partial charge < -0.3 is 21.3 Å². The van der Waals surface area contributed by atoms with Crippen molar-refractivity contribution < 1.29 is 0 Å². The van der Waals surface area contributed by atoms with Gasteiger partial charge in [0.25, 0.3) is 0 Å². The van der Waals surface area contributed by atoms with Crippen LogP contribution in [0.3, 0.4) is 0 Å². The van der Waals surface area contributed by atoms with Crippen LogP contribution in [0.5, 0.6) is 0 Å². The molecule has 0 rings (SSSR count). The van der Waals surface area contributed by atoms with E-state index in [4.69, 9.17) is 0 Å². The topological polar surface area (TPSA) is 48.1 Å². The van der Waals surface area contributed by atoms with Gasteiger partial charge in [-0.05, 0) is 54.4 Å². The summed E-state index contributed by atoms with van der Waals surface area (Å²) >= 11 is 0. The Balaban J connectivity index is -0.0000000369. The van der Waals surface area contributed by atoms with E-state index < -0.39 is 0 Å². The van der Waals surface area contributed by atoms with Crippen LogP contribution in [-0.2, 0) is 0 Å². The summed E-state index contributed by atoms with van der Waals surface area (Å²) in [5, 5.41) is 11.7. The van der Waals surface area contributed by atoms with Crippen LogP contribution in [-0.4, -0.2) is 72.0 Å². The van der Waals surface area contributed by atoms with Crippen molar-refractivity contribution >= 4 is 17.6 Å². The van der Waals surface area contributed by atoms with E-state index in [1.165, 1.54) is 0 Å². The van der Waals surface area contributed by atoms with Gasteiger partial charge in [0.1, 0.15) is 0 Å². The molecule has 0 spiro atoms. The Hall–Kier alpha value is 0.383. The van der Waals surface area contributed by atoms with Gasteiger partial charge >= 0.3 is 0 Å². The predicted octanol–water partition coefficient (Wildman–Crippen LogP) is 0.522. The summed E-state index contributed by atoms with van der Waals surface area (Å²) < 4.78 is 0. The first-order valence-corrected chi connectivity index (χ1v) is 6.24. The van der Waals surface area contributed by atoms with Gasteiger partial charge in [-0.1, -0.05) is 27.7 Å². The molecule has 108 valence electrons. The van der Waals surface area contributed by atoms with Gasteiger partial charge in [0, 0.05) is 17.6 Å². The molecule has 0 aromatic carbocycles. The van der Waals surface area contributed by atoms with Gasteiger partial charge in [0.05, 0.1) is 0 Å². The maximum atomic E-state index is 2.93. The standard InChI is InChI=1S/4C3H9N.Ge/c4*1-3-4-2;/h4*4H,3H2,1-2H3;. The third kappa shape index (κ3) is 176. The third-order valence-electron chi connectivity index (χ3n) is 1.41. The second-order valence-electron chi connectivity index (χ2n) is 2.83. The van der Waals surface area contributed by atoms with Crippen molar-refractivity contribution in [3.8, 4) is 0 Å². The fourth-order valence-corrected chi connectivity index (χ4v) is 0. The minimum absolute atomic E-state index is 0. The van der Waals surface area contributed by atoms with E-state index in [0.717, 1.165) is 26.2 Å². The Morgan fingerprint density at radius 3 is 0.529 bits per heavy atom. The smallest absolute Gasteiger partial charge is 0 e. The van der Waals surface area contributed by atoms with Crippen molar-refractivity contribution in [2.45, 2.75) is 27.7 Å². The monoisotopic (exact) mass is 310 g/mol. The van der Waals surface area contributed by atoms with E-state index in [9.17, 15) is 0 Å². The molecule has 0 saturated heterocycles. The average Bonchev–Trinajstić information content (AvgIpc) is 2.39. The van der Waals surface area contributed by atoms with Gasteiger partial charge in [-0.2, -0.15) is 0 Å². The molecule has 0 aromatic rings. The van der Waals surface area contributed by atoms with E-state index >= 15 is 0 Å². The molecule has 4 radical (unpaired) electrons. The maximum Gasteiger partial charge on any atom is 0 e. The maximum absolute atomic E-state index is 2.93. The molecule has 0 aromatic heterocycles. The Bertz CT molecular complexity index is 42.5. The minimum Gasteiger partial charge on any atom is -0.320 e. The molecule has 0 unspecified atom stereocenters. The van der Waals surface area contributed by atoms with Crippen LogP contribution in [0, 0.1) is 0 Å². The molecule has 0 bridgehead atoms. The van der Waals surface area contributed by atoms with Crippen molar-refractivity contribution in [2.75, 3.05) is 54.4 Å². The van der Waals surface area contributed by atoms with Crippen molar-refractivity contribution in [3.63, 3.8) is 0 Å². The molecule has 0 aliphatic carbocycles. The second kappa shape index (κ2) is 55.2. The first-order valence-electron chi connectivity index (χ1n) is 6.24. The molecule has 0 aliphatic heterocycles. The SMILES string of the molecule is CCNC.CCNC.CCNC.CCNC.[Ge]. The summed E-state index contributed by atoms with van der Waals surface area (Å²) in [5.41, 5.74) is 0. The summed E-state index contributed by atoms with van der Waals surface area (Å²) in [6.07, 6.45) is 0. The Morgan fingerprint density at radius 1 is 0.471 bits per heavy atom. The van der Waals surface area contributed by atoms with E-state index in [1.807, 2.05) is 28.2 Å². The first-order chi connectivity index (χ1) is 7.66. The zero-order chi connectivity index (χ0) is 13.7. The van der Waals surface area contributed by atoms with Crippen molar-refractivity contribution in [1.82, 2.24) is 21.3 Å². The minimum atomic E-state index is 0. The molecule has 0 atom stereocenters. The number of hydrogen-bond donors (Lipinski definition) is 4. The summed E-state index contributed by atoms with van der Waals surface area (Å²) in [5.74, 6) is 0. The molecule has 4 N–H and O–H groups in total. The predicted molar refractivity (Wildman–Crippen MR) is 84.2 cm³/mol. The molecule has 0 saturated carbocycles. The third-order valence-corrected chi connectivity index (χ3v) is 1.41. The van der Waals surface area contributed by atoms with E-state index in [0.29, 0.717) is 0 Å². The van der Waals surface area contributed by atoms with Gasteiger partial charge in [0.15, 0.2) is 0 Å². The van der Waals surface area contributed by atoms with Crippen LogP contribution >= 0.6 is 0 Å².